The Hall–Kier alpha value is -2.16. The van der Waals surface area contributed by atoms with E-state index in [2.05, 4.69) is 47.4 Å². The van der Waals surface area contributed by atoms with Gasteiger partial charge in [-0.25, -0.2) is 9.98 Å². The summed E-state index contributed by atoms with van der Waals surface area (Å²) in [5.74, 6) is 2.26. The van der Waals surface area contributed by atoms with Crippen LogP contribution in [0.4, 0.5) is 0 Å². The smallest absolute Gasteiger partial charge is 0.213 e. The number of guanidine groups is 1. The number of fused-ring (bicyclic) bond motifs is 1. The summed E-state index contributed by atoms with van der Waals surface area (Å²) in [6.45, 7) is 10.2. The molecule has 0 aliphatic rings. The number of rotatable bonds is 5. The summed E-state index contributed by atoms with van der Waals surface area (Å²) >= 11 is 0. The number of pyridine rings is 1. The van der Waals surface area contributed by atoms with E-state index in [0.29, 0.717) is 19.0 Å². The first-order chi connectivity index (χ1) is 13.0. The van der Waals surface area contributed by atoms with E-state index in [9.17, 15) is 0 Å². The fourth-order valence-electron chi connectivity index (χ4n) is 2.70. The number of aliphatic imine (C=N–C) groups is 1. The van der Waals surface area contributed by atoms with Gasteiger partial charge < -0.3 is 15.1 Å². The number of oxazole rings is 1. The molecule has 0 amide bonds. The molecule has 0 spiro atoms. The van der Waals surface area contributed by atoms with Gasteiger partial charge in [0.1, 0.15) is 5.76 Å². The van der Waals surface area contributed by atoms with Gasteiger partial charge in [-0.2, -0.15) is 0 Å². The van der Waals surface area contributed by atoms with Crippen LogP contribution in [-0.4, -0.2) is 22.5 Å². The van der Waals surface area contributed by atoms with Gasteiger partial charge in [0, 0.05) is 23.5 Å². The lowest BCUT2D eigenvalue weighted by Gasteiger charge is -2.13. The zero-order valence-electron chi connectivity index (χ0n) is 16.8. The Kier molecular flexibility index (Phi) is 7.79. The van der Waals surface area contributed by atoms with Gasteiger partial charge >= 0.3 is 0 Å². The minimum absolute atomic E-state index is 0. The van der Waals surface area contributed by atoms with Crippen LogP contribution in [0.15, 0.2) is 52.1 Å². The van der Waals surface area contributed by atoms with Crippen LogP contribution >= 0.6 is 24.0 Å². The Bertz CT molecular complexity index is 924. The highest BCUT2D eigenvalue weighted by Crippen LogP contribution is 2.22. The van der Waals surface area contributed by atoms with E-state index in [1.54, 1.807) is 6.20 Å². The minimum atomic E-state index is -0.0494. The molecule has 0 saturated heterocycles. The Balaban J connectivity index is 0.00000280. The molecule has 2 heterocycles. The van der Waals surface area contributed by atoms with Crippen molar-refractivity contribution < 1.29 is 4.42 Å². The van der Waals surface area contributed by atoms with Crippen molar-refractivity contribution in [1.82, 2.24) is 20.6 Å². The molecule has 0 radical (unpaired) electrons. The predicted molar refractivity (Wildman–Crippen MR) is 124 cm³/mol. The maximum atomic E-state index is 5.83. The molecule has 1 aromatic carbocycles. The minimum Gasteiger partial charge on any atom is -0.443 e. The van der Waals surface area contributed by atoms with E-state index in [4.69, 9.17) is 9.41 Å². The Labute approximate surface area is 183 Å². The first-order valence-electron chi connectivity index (χ1n) is 9.27. The average Bonchev–Trinajstić information content (AvgIpc) is 3.13. The van der Waals surface area contributed by atoms with Crippen molar-refractivity contribution in [1.29, 1.82) is 0 Å². The van der Waals surface area contributed by atoms with Crippen molar-refractivity contribution in [2.45, 2.75) is 46.2 Å². The molecule has 0 fully saturated rings. The van der Waals surface area contributed by atoms with Crippen molar-refractivity contribution in [3.8, 4) is 0 Å². The van der Waals surface area contributed by atoms with Crippen molar-refractivity contribution >= 4 is 40.8 Å². The second-order valence-electron chi connectivity index (χ2n) is 7.40. The summed E-state index contributed by atoms with van der Waals surface area (Å²) < 4.78 is 5.83. The number of halogens is 1. The van der Waals surface area contributed by atoms with E-state index in [0.717, 1.165) is 34.7 Å². The molecule has 3 aromatic rings. The lowest BCUT2D eigenvalue weighted by Crippen LogP contribution is -2.36. The van der Waals surface area contributed by atoms with E-state index < -0.39 is 0 Å². The SMILES string of the molecule is CCNC(=NCc1ccnc2ccccc12)NCc1ncc(C(C)(C)C)o1.I. The van der Waals surface area contributed by atoms with E-state index in [1.807, 2.05) is 37.4 Å². The Morgan fingerprint density at radius 1 is 1.11 bits per heavy atom. The van der Waals surface area contributed by atoms with Gasteiger partial charge in [-0.05, 0) is 24.6 Å². The number of hydrogen-bond donors (Lipinski definition) is 2. The molecule has 28 heavy (non-hydrogen) atoms. The number of nitrogens with one attached hydrogen (secondary N) is 2. The number of nitrogens with zero attached hydrogens (tertiary/aromatic N) is 3. The summed E-state index contributed by atoms with van der Waals surface area (Å²) in [6, 6.07) is 10.1. The van der Waals surface area contributed by atoms with Crippen LogP contribution in [0.5, 0.6) is 0 Å². The van der Waals surface area contributed by atoms with Crippen molar-refractivity contribution in [2.75, 3.05) is 6.54 Å². The maximum Gasteiger partial charge on any atom is 0.213 e. The van der Waals surface area contributed by atoms with Gasteiger partial charge in [0.25, 0.3) is 0 Å². The normalized spacial score (nSPS) is 11.9. The fourth-order valence-corrected chi connectivity index (χ4v) is 2.70. The third-order valence-corrected chi connectivity index (χ3v) is 4.19. The molecule has 2 N–H and O–H groups in total. The van der Waals surface area contributed by atoms with Crippen LogP contribution in [0.3, 0.4) is 0 Å². The summed E-state index contributed by atoms with van der Waals surface area (Å²) in [5, 5.41) is 7.68. The molecule has 0 unspecified atom stereocenters. The number of benzene rings is 1. The van der Waals surface area contributed by atoms with Crippen molar-refractivity contribution in [3.05, 3.63) is 59.9 Å². The van der Waals surface area contributed by atoms with Gasteiger partial charge in [0.15, 0.2) is 5.96 Å². The topological polar surface area (TPSA) is 75.3 Å². The largest absolute Gasteiger partial charge is 0.443 e. The van der Waals surface area contributed by atoms with Crippen molar-refractivity contribution in [3.63, 3.8) is 0 Å². The van der Waals surface area contributed by atoms with Gasteiger partial charge in [0.2, 0.25) is 5.89 Å². The molecular weight excluding hydrogens is 465 g/mol. The summed E-state index contributed by atoms with van der Waals surface area (Å²) in [7, 11) is 0. The molecule has 0 bridgehead atoms. The summed E-state index contributed by atoms with van der Waals surface area (Å²) in [4.78, 5) is 13.5. The van der Waals surface area contributed by atoms with Crippen molar-refractivity contribution in [2.24, 2.45) is 4.99 Å². The van der Waals surface area contributed by atoms with Crippen LogP contribution in [0.1, 0.15) is 44.9 Å². The van der Waals surface area contributed by atoms with E-state index in [-0.39, 0.29) is 29.4 Å². The Morgan fingerprint density at radius 3 is 2.61 bits per heavy atom. The summed E-state index contributed by atoms with van der Waals surface area (Å²) in [6.07, 6.45) is 3.62. The molecule has 0 atom stereocenters. The van der Waals surface area contributed by atoms with Crippen LogP contribution in [0.2, 0.25) is 0 Å². The monoisotopic (exact) mass is 493 g/mol. The van der Waals surface area contributed by atoms with Crippen LogP contribution in [0, 0.1) is 0 Å². The zero-order chi connectivity index (χ0) is 19.3. The zero-order valence-corrected chi connectivity index (χ0v) is 19.2. The second-order valence-corrected chi connectivity index (χ2v) is 7.40. The predicted octanol–water partition coefficient (Wildman–Crippen LogP) is 4.39. The number of para-hydroxylation sites is 1. The molecule has 3 rings (SSSR count). The molecule has 7 heteroatoms. The quantitative estimate of drug-likeness (QED) is 0.313. The highest BCUT2D eigenvalue weighted by Gasteiger charge is 2.19. The van der Waals surface area contributed by atoms with Gasteiger partial charge in [-0.3, -0.25) is 4.98 Å². The highest BCUT2D eigenvalue weighted by molar-refractivity contribution is 14.0. The Morgan fingerprint density at radius 2 is 1.89 bits per heavy atom. The molecule has 0 aliphatic heterocycles. The molecule has 2 aromatic heterocycles. The van der Waals surface area contributed by atoms with Crippen LogP contribution in [-0.2, 0) is 18.5 Å². The third-order valence-electron chi connectivity index (χ3n) is 4.19. The lowest BCUT2D eigenvalue weighted by atomic mass is 9.94. The maximum absolute atomic E-state index is 5.83. The molecule has 150 valence electrons. The fraction of sp³-hybridized carbons (Fsp3) is 0.381. The second kappa shape index (κ2) is 9.86. The van der Waals surface area contributed by atoms with E-state index >= 15 is 0 Å². The standard InChI is InChI=1S/C21H27N5O.HI/c1-5-22-20(26-14-19-24-13-18(27-19)21(2,3)4)25-12-15-10-11-23-17-9-7-6-8-16(15)17;/h6-11,13H,5,12,14H2,1-4H3,(H2,22,25,26);1H. The molecule has 0 aliphatic carbocycles. The number of aromatic nitrogens is 2. The van der Waals surface area contributed by atoms with Gasteiger partial charge in [-0.15, -0.1) is 24.0 Å². The lowest BCUT2D eigenvalue weighted by molar-refractivity contribution is 0.379. The summed E-state index contributed by atoms with van der Waals surface area (Å²) in [5.41, 5.74) is 2.08. The first kappa shape index (κ1) is 22.1. The van der Waals surface area contributed by atoms with Gasteiger partial charge in [-0.1, -0.05) is 39.0 Å². The van der Waals surface area contributed by atoms with E-state index in [1.165, 1.54) is 0 Å². The highest BCUT2D eigenvalue weighted by atomic mass is 127. The first-order valence-corrected chi connectivity index (χ1v) is 9.27. The molecular formula is C21H28IN5O. The molecule has 6 nitrogen and oxygen atoms in total. The molecule has 0 saturated carbocycles. The van der Waals surface area contributed by atoms with Gasteiger partial charge in [0.05, 0.1) is 24.8 Å². The number of hydrogen-bond acceptors (Lipinski definition) is 4. The van der Waals surface area contributed by atoms with Crippen LogP contribution < -0.4 is 10.6 Å². The average molecular weight is 493 g/mol. The van der Waals surface area contributed by atoms with Crippen LogP contribution in [0.25, 0.3) is 10.9 Å². The third kappa shape index (κ3) is 5.67.